The second-order valence-corrected chi connectivity index (χ2v) is 6.34. The Balaban J connectivity index is 1.87. The molecule has 0 aliphatic rings. The number of amides is 1. The second-order valence-electron chi connectivity index (χ2n) is 6.34. The van der Waals surface area contributed by atoms with Crippen LogP contribution in [0.1, 0.15) is 27.0 Å². The molecular weight excluding hydrogens is 385 g/mol. The van der Waals surface area contributed by atoms with Crippen molar-refractivity contribution in [2.45, 2.75) is 19.6 Å². The number of hydrogen-bond acceptors (Lipinski definition) is 5. The van der Waals surface area contributed by atoms with Crippen LogP contribution in [-0.2, 0) is 6.54 Å². The minimum Gasteiger partial charge on any atom is -0.325 e. The third-order valence-electron chi connectivity index (χ3n) is 4.15. The minimum atomic E-state index is -4.55. The van der Waals surface area contributed by atoms with E-state index in [2.05, 4.69) is 15.5 Å². The summed E-state index contributed by atoms with van der Waals surface area (Å²) in [7, 11) is 0. The van der Waals surface area contributed by atoms with Gasteiger partial charge in [-0.25, -0.2) is 4.68 Å². The molecule has 2 aromatic carbocycles. The van der Waals surface area contributed by atoms with Crippen LogP contribution in [0.25, 0.3) is 5.69 Å². The quantitative estimate of drug-likeness (QED) is 0.657. The zero-order valence-corrected chi connectivity index (χ0v) is 15.3. The normalized spacial score (nSPS) is 11.1. The highest BCUT2D eigenvalue weighted by atomic mass is 19.4. The number of nitriles is 1. The van der Waals surface area contributed by atoms with Crippen molar-refractivity contribution < 1.29 is 18.0 Å². The summed E-state index contributed by atoms with van der Waals surface area (Å²) in [5, 5.41) is 19.7. The summed E-state index contributed by atoms with van der Waals surface area (Å²) >= 11 is 0. The molecule has 0 saturated carbocycles. The van der Waals surface area contributed by atoms with Gasteiger partial charge in [0.25, 0.3) is 5.91 Å². The molecule has 10 heteroatoms. The van der Waals surface area contributed by atoms with Gasteiger partial charge >= 0.3 is 6.18 Å². The number of benzene rings is 2. The van der Waals surface area contributed by atoms with E-state index in [-0.39, 0.29) is 12.1 Å². The molecule has 3 rings (SSSR count). The van der Waals surface area contributed by atoms with Crippen molar-refractivity contribution in [1.82, 2.24) is 25.1 Å². The van der Waals surface area contributed by atoms with Crippen LogP contribution in [0, 0.1) is 18.3 Å². The molecule has 0 unspecified atom stereocenters. The number of tetrazole rings is 1. The summed E-state index contributed by atoms with van der Waals surface area (Å²) < 4.78 is 40.6. The maximum atomic E-state index is 13.1. The molecular formula is C19H15F3N6O. The summed E-state index contributed by atoms with van der Waals surface area (Å²) in [6.07, 6.45) is -3.17. The first-order valence-electron chi connectivity index (χ1n) is 8.46. The molecule has 0 saturated heterocycles. The first-order valence-corrected chi connectivity index (χ1v) is 8.46. The lowest BCUT2D eigenvalue weighted by atomic mass is 10.1. The van der Waals surface area contributed by atoms with Crippen molar-refractivity contribution in [2.75, 3.05) is 6.54 Å². The fourth-order valence-electron chi connectivity index (χ4n) is 2.82. The van der Waals surface area contributed by atoms with Crippen molar-refractivity contribution in [3.63, 3.8) is 0 Å². The van der Waals surface area contributed by atoms with Crippen LogP contribution in [0.2, 0.25) is 0 Å². The molecule has 0 aliphatic carbocycles. The Morgan fingerprint density at radius 2 is 1.93 bits per heavy atom. The third-order valence-corrected chi connectivity index (χ3v) is 4.15. The van der Waals surface area contributed by atoms with Gasteiger partial charge in [0.1, 0.15) is 12.9 Å². The molecule has 1 amide bonds. The lowest BCUT2D eigenvalue weighted by molar-refractivity contribution is -0.141. The predicted octanol–water partition coefficient (Wildman–Crippen LogP) is 3.05. The molecule has 0 radical (unpaired) electrons. The largest absolute Gasteiger partial charge is 0.406 e. The molecule has 1 aromatic heterocycles. The van der Waals surface area contributed by atoms with Gasteiger partial charge in [0.2, 0.25) is 0 Å². The lowest BCUT2D eigenvalue weighted by Gasteiger charge is -2.24. The van der Waals surface area contributed by atoms with Crippen LogP contribution in [0.4, 0.5) is 13.2 Å². The van der Waals surface area contributed by atoms with Crippen LogP contribution in [0.15, 0.2) is 48.8 Å². The van der Waals surface area contributed by atoms with E-state index in [1.807, 2.05) is 6.07 Å². The Bertz CT molecular complexity index is 1040. The van der Waals surface area contributed by atoms with Crippen molar-refractivity contribution in [3.05, 3.63) is 71.0 Å². The Labute approximate surface area is 164 Å². The zero-order chi connectivity index (χ0) is 21.0. The summed E-state index contributed by atoms with van der Waals surface area (Å²) in [4.78, 5) is 13.6. The van der Waals surface area contributed by atoms with Crippen LogP contribution in [0.3, 0.4) is 0 Å². The van der Waals surface area contributed by atoms with Gasteiger partial charge in [-0.15, -0.1) is 5.10 Å². The lowest BCUT2D eigenvalue weighted by Crippen LogP contribution is -2.38. The number of carbonyl (C=O) groups is 1. The average molecular weight is 400 g/mol. The Morgan fingerprint density at radius 1 is 1.21 bits per heavy atom. The number of alkyl halides is 3. The maximum absolute atomic E-state index is 13.1. The molecule has 0 spiro atoms. The molecule has 0 N–H and O–H groups in total. The Morgan fingerprint density at radius 3 is 2.48 bits per heavy atom. The molecule has 0 aliphatic heterocycles. The van der Waals surface area contributed by atoms with Crippen molar-refractivity contribution >= 4 is 5.91 Å². The van der Waals surface area contributed by atoms with Crippen molar-refractivity contribution in [3.8, 4) is 11.8 Å². The van der Waals surface area contributed by atoms with E-state index in [0.29, 0.717) is 22.4 Å². The first kappa shape index (κ1) is 20.0. The fraction of sp³-hybridized carbons (Fsp3) is 0.211. The molecule has 3 aromatic rings. The van der Waals surface area contributed by atoms with Crippen LogP contribution in [-0.4, -0.2) is 43.7 Å². The van der Waals surface area contributed by atoms with Gasteiger partial charge in [-0.2, -0.15) is 18.4 Å². The van der Waals surface area contributed by atoms with Gasteiger partial charge < -0.3 is 4.90 Å². The van der Waals surface area contributed by atoms with Gasteiger partial charge in [-0.05, 0) is 58.8 Å². The average Bonchev–Trinajstić information content (AvgIpc) is 3.21. The van der Waals surface area contributed by atoms with E-state index in [1.165, 1.54) is 47.4 Å². The molecule has 1 heterocycles. The number of nitrogens with zero attached hydrogens (tertiary/aromatic N) is 6. The number of aromatic nitrogens is 4. The van der Waals surface area contributed by atoms with E-state index in [1.54, 1.807) is 13.0 Å². The predicted molar refractivity (Wildman–Crippen MR) is 95.8 cm³/mol. The second kappa shape index (κ2) is 8.10. The fourth-order valence-corrected chi connectivity index (χ4v) is 2.82. The number of halogens is 3. The van der Waals surface area contributed by atoms with E-state index < -0.39 is 18.6 Å². The molecule has 148 valence electrons. The molecule has 29 heavy (non-hydrogen) atoms. The van der Waals surface area contributed by atoms with Gasteiger partial charge in [-0.3, -0.25) is 4.79 Å². The minimum absolute atomic E-state index is 0.122. The summed E-state index contributed by atoms with van der Waals surface area (Å²) in [6.45, 7) is 0.0833. The van der Waals surface area contributed by atoms with E-state index in [0.717, 1.165) is 4.90 Å². The third kappa shape index (κ3) is 4.95. The highest BCUT2D eigenvalue weighted by Gasteiger charge is 2.33. The topological polar surface area (TPSA) is 87.7 Å². The zero-order valence-electron chi connectivity index (χ0n) is 15.3. The standard InChI is InChI=1S/C19H15F3N6O/c1-13-8-16(6-7-17(13)28-12-24-25-26-28)18(29)27(11-19(20,21)22)10-15-4-2-14(9-23)3-5-15/h2-8,12H,10-11H2,1H3. The number of carbonyl (C=O) groups excluding carboxylic acids is 1. The van der Waals surface area contributed by atoms with Crippen LogP contribution in [0.5, 0.6) is 0 Å². The van der Waals surface area contributed by atoms with Gasteiger partial charge in [0.15, 0.2) is 0 Å². The van der Waals surface area contributed by atoms with E-state index in [4.69, 9.17) is 5.26 Å². The highest BCUT2D eigenvalue weighted by Crippen LogP contribution is 2.22. The summed E-state index contributed by atoms with van der Waals surface area (Å²) in [5.74, 6) is -0.752. The SMILES string of the molecule is Cc1cc(C(=O)N(Cc2ccc(C#N)cc2)CC(F)(F)F)ccc1-n1cnnn1. The molecule has 0 fully saturated rings. The van der Waals surface area contributed by atoms with Crippen molar-refractivity contribution in [1.29, 1.82) is 5.26 Å². The Hall–Kier alpha value is -3.74. The molecule has 0 atom stereocenters. The van der Waals surface area contributed by atoms with Crippen molar-refractivity contribution in [2.24, 2.45) is 0 Å². The van der Waals surface area contributed by atoms with E-state index >= 15 is 0 Å². The highest BCUT2D eigenvalue weighted by molar-refractivity contribution is 5.94. The monoisotopic (exact) mass is 400 g/mol. The van der Waals surface area contributed by atoms with Gasteiger partial charge in [0, 0.05) is 12.1 Å². The van der Waals surface area contributed by atoms with Gasteiger partial charge in [-0.1, -0.05) is 12.1 Å². The summed E-state index contributed by atoms with van der Waals surface area (Å²) in [6, 6.07) is 12.5. The summed E-state index contributed by atoms with van der Waals surface area (Å²) in [5.41, 5.74) is 2.24. The first-order chi connectivity index (χ1) is 13.8. The molecule has 0 bridgehead atoms. The smallest absolute Gasteiger partial charge is 0.325 e. The van der Waals surface area contributed by atoms with E-state index in [9.17, 15) is 18.0 Å². The van der Waals surface area contributed by atoms with Gasteiger partial charge in [0.05, 0.1) is 17.3 Å². The molecule has 7 nitrogen and oxygen atoms in total. The number of rotatable bonds is 5. The maximum Gasteiger partial charge on any atom is 0.406 e. The number of hydrogen-bond donors (Lipinski definition) is 0. The van der Waals surface area contributed by atoms with Crippen LogP contribution >= 0.6 is 0 Å². The Kier molecular flexibility index (Phi) is 5.59. The number of aryl methyl sites for hydroxylation is 1. The van der Waals surface area contributed by atoms with Crippen LogP contribution < -0.4 is 0 Å².